The second kappa shape index (κ2) is 8.47. The lowest BCUT2D eigenvalue weighted by molar-refractivity contribution is 0.594. The molecule has 0 saturated carbocycles. The Bertz CT molecular complexity index is 549. The van der Waals surface area contributed by atoms with Gasteiger partial charge in [-0.15, -0.1) is 11.3 Å². The molecule has 114 valence electrons. The van der Waals surface area contributed by atoms with Crippen LogP contribution in [0.2, 0.25) is 0 Å². The molecular weight excluding hydrogens is 298 g/mol. The Kier molecular flexibility index (Phi) is 6.61. The zero-order valence-corrected chi connectivity index (χ0v) is 14.3. The summed E-state index contributed by atoms with van der Waals surface area (Å²) in [5, 5.41) is 5.44. The van der Waals surface area contributed by atoms with Gasteiger partial charge in [0, 0.05) is 11.8 Å². The number of hydrogen-bond acceptors (Lipinski definition) is 3. The molecule has 0 radical (unpaired) electrons. The van der Waals surface area contributed by atoms with E-state index in [0.717, 1.165) is 17.2 Å². The molecule has 1 aromatic carbocycles. The normalized spacial score (nSPS) is 14.0. The number of rotatable bonds is 8. The summed E-state index contributed by atoms with van der Waals surface area (Å²) in [6.07, 6.45) is 2.28. The van der Waals surface area contributed by atoms with E-state index in [-0.39, 0.29) is 6.04 Å². The van der Waals surface area contributed by atoms with Gasteiger partial charge in [0.15, 0.2) is 0 Å². The zero-order chi connectivity index (χ0) is 15.1. The molecule has 2 rings (SSSR count). The molecule has 1 heterocycles. The first-order valence-electron chi connectivity index (χ1n) is 7.48. The summed E-state index contributed by atoms with van der Waals surface area (Å²) in [6, 6.07) is 12.8. The van der Waals surface area contributed by atoms with Crippen molar-refractivity contribution in [1.29, 1.82) is 0 Å². The number of hydrogen-bond donors (Lipinski definition) is 1. The van der Waals surface area contributed by atoms with E-state index in [2.05, 4.69) is 43.4 Å². The van der Waals surface area contributed by atoms with Crippen molar-refractivity contribution in [2.24, 2.45) is 0 Å². The highest BCUT2D eigenvalue weighted by Gasteiger charge is 2.15. The number of nitrogens with one attached hydrogen (secondary N) is 1. The van der Waals surface area contributed by atoms with Crippen molar-refractivity contribution in [2.75, 3.05) is 12.3 Å². The van der Waals surface area contributed by atoms with Crippen LogP contribution in [0.5, 0.6) is 0 Å². The van der Waals surface area contributed by atoms with Crippen LogP contribution >= 0.6 is 11.3 Å². The molecule has 0 bridgehead atoms. The molecule has 4 heteroatoms. The first kappa shape index (κ1) is 16.4. The van der Waals surface area contributed by atoms with E-state index in [9.17, 15) is 4.21 Å². The van der Waals surface area contributed by atoms with Gasteiger partial charge < -0.3 is 5.32 Å². The Hall–Kier alpha value is -0.970. The van der Waals surface area contributed by atoms with Crippen LogP contribution in [0.3, 0.4) is 0 Å². The van der Waals surface area contributed by atoms with E-state index in [1.165, 1.54) is 17.5 Å². The van der Waals surface area contributed by atoms with Crippen LogP contribution in [0, 0.1) is 0 Å². The highest BCUT2D eigenvalue weighted by molar-refractivity contribution is 7.87. The van der Waals surface area contributed by atoms with Gasteiger partial charge in [-0.1, -0.05) is 50.6 Å². The maximum atomic E-state index is 12.4. The fourth-order valence-electron chi connectivity index (χ4n) is 2.35. The molecule has 2 atom stereocenters. The van der Waals surface area contributed by atoms with Crippen molar-refractivity contribution in [3.05, 3.63) is 52.9 Å². The molecule has 0 aliphatic heterocycles. The standard InChI is InChI=1S/C17H23NOS2/c1-3-6-14-8-10-15(11-9-14)16(18-4-2)13-21(19)17-7-5-12-20-17/h5,7-12,16,18H,3-4,6,13H2,1-2H3. The van der Waals surface area contributed by atoms with Crippen molar-refractivity contribution >= 4 is 22.1 Å². The van der Waals surface area contributed by atoms with E-state index in [1.54, 1.807) is 11.3 Å². The lowest BCUT2D eigenvalue weighted by Gasteiger charge is -2.18. The van der Waals surface area contributed by atoms with Crippen LogP contribution in [0.25, 0.3) is 0 Å². The molecule has 2 nitrogen and oxygen atoms in total. The molecule has 1 aromatic heterocycles. The van der Waals surface area contributed by atoms with E-state index in [0.29, 0.717) is 5.75 Å². The van der Waals surface area contributed by atoms with Gasteiger partial charge in [0.2, 0.25) is 0 Å². The Morgan fingerprint density at radius 2 is 1.95 bits per heavy atom. The third kappa shape index (κ3) is 4.77. The molecule has 0 saturated heterocycles. The first-order chi connectivity index (χ1) is 10.2. The summed E-state index contributed by atoms with van der Waals surface area (Å²) in [7, 11) is -0.937. The Morgan fingerprint density at radius 1 is 1.19 bits per heavy atom. The lowest BCUT2D eigenvalue weighted by Crippen LogP contribution is -2.26. The van der Waals surface area contributed by atoms with Gasteiger partial charge in [0.25, 0.3) is 0 Å². The predicted molar refractivity (Wildman–Crippen MR) is 92.4 cm³/mol. The fraction of sp³-hybridized carbons (Fsp3) is 0.412. The molecule has 0 fully saturated rings. The smallest absolute Gasteiger partial charge is 0.0911 e. The summed E-state index contributed by atoms with van der Waals surface area (Å²) in [5.74, 6) is 0.626. The van der Waals surface area contributed by atoms with Crippen molar-refractivity contribution in [2.45, 2.75) is 36.9 Å². The van der Waals surface area contributed by atoms with Gasteiger partial charge in [-0.05, 0) is 35.5 Å². The summed E-state index contributed by atoms with van der Waals surface area (Å²) in [5.41, 5.74) is 2.59. The number of aryl methyl sites for hydroxylation is 1. The first-order valence-corrected chi connectivity index (χ1v) is 9.68. The molecule has 21 heavy (non-hydrogen) atoms. The van der Waals surface area contributed by atoms with Crippen LogP contribution in [0.15, 0.2) is 46.0 Å². The zero-order valence-electron chi connectivity index (χ0n) is 12.7. The molecule has 0 aliphatic carbocycles. The van der Waals surface area contributed by atoms with Crippen LogP contribution in [-0.2, 0) is 17.2 Å². The van der Waals surface area contributed by atoms with Crippen LogP contribution in [0.1, 0.15) is 37.4 Å². The fourth-order valence-corrected chi connectivity index (χ4v) is 4.61. The highest BCUT2D eigenvalue weighted by Crippen LogP contribution is 2.21. The average Bonchev–Trinajstić information content (AvgIpc) is 3.02. The van der Waals surface area contributed by atoms with Gasteiger partial charge in [-0.3, -0.25) is 4.21 Å². The molecule has 0 amide bonds. The van der Waals surface area contributed by atoms with Gasteiger partial charge in [0.1, 0.15) is 0 Å². The van der Waals surface area contributed by atoms with Crippen molar-refractivity contribution < 1.29 is 4.21 Å². The Morgan fingerprint density at radius 3 is 2.52 bits per heavy atom. The van der Waals surface area contributed by atoms with Gasteiger partial charge in [-0.25, -0.2) is 0 Å². The summed E-state index contributed by atoms with van der Waals surface area (Å²) >= 11 is 1.57. The number of thiophene rings is 1. The molecular formula is C17H23NOS2. The van der Waals surface area contributed by atoms with Crippen molar-refractivity contribution in [3.8, 4) is 0 Å². The third-order valence-corrected chi connectivity index (χ3v) is 6.14. The molecule has 1 N–H and O–H groups in total. The van der Waals surface area contributed by atoms with Crippen LogP contribution in [-0.4, -0.2) is 16.5 Å². The summed E-state index contributed by atoms with van der Waals surface area (Å²) < 4.78 is 13.4. The van der Waals surface area contributed by atoms with Crippen molar-refractivity contribution in [1.82, 2.24) is 5.32 Å². The second-order valence-corrected chi connectivity index (χ2v) is 7.72. The SMILES string of the molecule is CCCc1ccc(C(CS(=O)c2cccs2)NCC)cc1. The largest absolute Gasteiger partial charge is 0.309 e. The Balaban J connectivity index is 2.09. The minimum Gasteiger partial charge on any atom is -0.309 e. The summed E-state index contributed by atoms with van der Waals surface area (Å²) in [6.45, 7) is 5.16. The van der Waals surface area contributed by atoms with E-state index < -0.39 is 10.8 Å². The molecule has 2 unspecified atom stereocenters. The van der Waals surface area contributed by atoms with E-state index >= 15 is 0 Å². The third-order valence-electron chi connectivity index (χ3n) is 3.41. The highest BCUT2D eigenvalue weighted by atomic mass is 32.2. The lowest BCUT2D eigenvalue weighted by atomic mass is 10.0. The maximum Gasteiger partial charge on any atom is 0.0911 e. The summed E-state index contributed by atoms with van der Waals surface area (Å²) in [4.78, 5) is 0. The topological polar surface area (TPSA) is 29.1 Å². The molecule has 0 spiro atoms. The van der Waals surface area contributed by atoms with Crippen LogP contribution in [0.4, 0.5) is 0 Å². The minimum atomic E-state index is -0.937. The number of benzene rings is 1. The molecule has 0 aliphatic rings. The van der Waals surface area contributed by atoms with E-state index in [4.69, 9.17) is 0 Å². The van der Waals surface area contributed by atoms with Gasteiger partial charge in [0.05, 0.1) is 15.0 Å². The Labute approximate surface area is 134 Å². The predicted octanol–water partition coefficient (Wildman–Crippen LogP) is 4.16. The van der Waals surface area contributed by atoms with E-state index in [1.807, 2.05) is 17.5 Å². The molecule has 2 aromatic rings. The minimum absolute atomic E-state index is 0.147. The van der Waals surface area contributed by atoms with Gasteiger partial charge in [-0.2, -0.15) is 0 Å². The van der Waals surface area contributed by atoms with Crippen molar-refractivity contribution in [3.63, 3.8) is 0 Å². The average molecular weight is 322 g/mol. The maximum absolute atomic E-state index is 12.4. The monoisotopic (exact) mass is 321 g/mol. The second-order valence-electron chi connectivity index (χ2n) is 5.05. The van der Waals surface area contributed by atoms with Crippen LogP contribution < -0.4 is 5.32 Å². The van der Waals surface area contributed by atoms with Gasteiger partial charge >= 0.3 is 0 Å². The quantitative estimate of drug-likeness (QED) is 0.791.